The van der Waals surface area contributed by atoms with Gasteiger partial charge in [-0.1, -0.05) is 72.6 Å². The molecule has 1 amide bonds. The number of nitrogens with zero attached hydrogens (tertiary/aromatic N) is 3. The smallest absolute Gasteiger partial charge is 0.234 e. The molecule has 0 unspecified atom stereocenters. The zero-order chi connectivity index (χ0) is 25.3. The molecule has 4 aromatic rings. The van der Waals surface area contributed by atoms with E-state index in [1.165, 1.54) is 41.3 Å². The van der Waals surface area contributed by atoms with Gasteiger partial charge >= 0.3 is 0 Å². The number of amides is 1. The number of nitrogens with one attached hydrogen (secondary N) is 1. The van der Waals surface area contributed by atoms with Crippen molar-refractivity contribution in [3.05, 3.63) is 95.3 Å². The van der Waals surface area contributed by atoms with Gasteiger partial charge in [-0.05, 0) is 68.7 Å². The average molecular weight is 501 g/mol. The summed E-state index contributed by atoms with van der Waals surface area (Å²) >= 11 is 1.35. The quantitative estimate of drug-likeness (QED) is 0.237. The van der Waals surface area contributed by atoms with Crippen LogP contribution in [-0.2, 0) is 17.8 Å². The second-order valence-corrected chi connectivity index (χ2v) is 9.75. The fourth-order valence-corrected chi connectivity index (χ4v) is 4.46. The molecular formula is C29H32N4O2S. The van der Waals surface area contributed by atoms with Crippen molar-refractivity contribution in [3.63, 3.8) is 0 Å². The maximum atomic E-state index is 12.7. The highest BCUT2D eigenvalue weighted by atomic mass is 32.2. The van der Waals surface area contributed by atoms with Gasteiger partial charge in [-0.15, -0.1) is 10.2 Å². The first-order valence-electron chi connectivity index (χ1n) is 12.2. The third kappa shape index (κ3) is 6.98. The topological polar surface area (TPSA) is 69.0 Å². The van der Waals surface area contributed by atoms with E-state index in [9.17, 15) is 4.79 Å². The third-order valence-corrected chi connectivity index (χ3v) is 6.70. The van der Waals surface area contributed by atoms with E-state index in [1.54, 1.807) is 0 Å². The van der Waals surface area contributed by atoms with Crippen LogP contribution in [0, 0.1) is 13.8 Å². The van der Waals surface area contributed by atoms with Gasteiger partial charge in [-0.2, -0.15) is 0 Å². The third-order valence-electron chi connectivity index (χ3n) is 5.77. The van der Waals surface area contributed by atoms with Crippen molar-refractivity contribution in [1.82, 2.24) is 14.8 Å². The summed E-state index contributed by atoms with van der Waals surface area (Å²) in [5.74, 6) is 1.58. The van der Waals surface area contributed by atoms with E-state index in [0.29, 0.717) is 11.0 Å². The predicted octanol–water partition coefficient (Wildman–Crippen LogP) is 6.54. The van der Waals surface area contributed by atoms with Crippen molar-refractivity contribution in [2.24, 2.45) is 0 Å². The fraction of sp³-hybridized carbons (Fsp3) is 0.276. The van der Waals surface area contributed by atoms with Gasteiger partial charge in [0.15, 0.2) is 11.0 Å². The number of rotatable bonds is 11. The predicted molar refractivity (Wildman–Crippen MR) is 146 cm³/mol. The number of carbonyl (C=O) groups excluding carboxylic acids is 1. The molecule has 1 N–H and O–H groups in total. The minimum Gasteiger partial charge on any atom is -0.486 e. The first kappa shape index (κ1) is 25.5. The van der Waals surface area contributed by atoms with E-state index in [2.05, 4.69) is 34.6 Å². The standard InChI is InChI=1S/C29H32N4O2S/c1-4-5-6-23-11-13-24(14-12-23)30-28(34)20-36-29-32-31-27(19-35-26-17-9-22(3)10-18-26)33(29)25-15-7-21(2)8-16-25/h7-18H,4-6,19-20H2,1-3H3,(H,30,34). The lowest BCUT2D eigenvalue weighted by Crippen LogP contribution is -2.14. The molecule has 4 rings (SSSR count). The Labute approximate surface area is 217 Å². The summed E-state index contributed by atoms with van der Waals surface area (Å²) in [5, 5.41) is 12.4. The zero-order valence-electron chi connectivity index (χ0n) is 21.0. The molecule has 186 valence electrons. The van der Waals surface area contributed by atoms with Crippen molar-refractivity contribution in [2.45, 2.75) is 51.8 Å². The van der Waals surface area contributed by atoms with Gasteiger partial charge in [0.1, 0.15) is 12.4 Å². The number of unbranched alkanes of at least 4 members (excludes halogenated alkanes) is 1. The Kier molecular flexibility index (Phi) is 8.79. The lowest BCUT2D eigenvalue weighted by molar-refractivity contribution is -0.113. The monoisotopic (exact) mass is 500 g/mol. The van der Waals surface area contributed by atoms with Crippen molar-refractivity contribution < 1.29 is 9.53 Å². The molecule has 0 spiro atoms. The minimum atomic E-state index is -0.0859. The van der Waals surface area contributed by atoms with E-state index < -0.39 is 0 Å². The van der Waals surface area contributed by atoms with Gasteiger partial charge in [0.05, 0.1) is 5.75 Å². The van der Waals surface area contributed by atoms with Crippen LogP contribution in [0.1, 0.15) is 42.3 Å². The molecule has 0 saturated heterocycles. The molecule has 0 atom stereocenters. The first-order chi connectivity index (χ1) is 17.5. The van der Waals surface area contributed by atoms with Crippen molar-refractivity contribution in [3.8, 4) is 11.4 Å². The highest BCUT2D eigenvalue weighted by molar-refractivity contribution is 7.99. The van der Waals surface area contributed by atoms with E-state index in [-0.39, 0.29) is 18.3 Å². The zero-order valence-corrected chi connectivity index (χ0v) is 21.8. The van der Waals surface area contributed by atoms with Gasteiger partial charge in [0.25, 0.3) is 0 Å². The Morgan fingerprint density at radius 3 is 2.25 bits per heavy atom. The van der Waals surface area contributed by atoms with Gasteiger partial charge < -0.3 is 10.1 Å². The Morgan fingerprint density at radius 2 is 1.58 bits per heavy atom. The molecule has 0 radical (unpaired) electrons. The number of hydrogen-bond acceptors (Lipinski definition) is 5. The molecule has 7 heteroatoms. The Bertz CT molecular complexity index is 1270. The van der Waals surface area contributed by atoms with Crippen LogP contribution < -0.4 is 10.1 Å². The van der Waals surface area contributed by atoms with Crippen LogP contribution in [0.2, 0.25) is 0 Å². The Hall–Kier alpha value is -3.58. The highest BCUT2D eigenvalue weighted by Crippen LogP contribution is 2.24. The molecule has 0 aliphatic rings. The van der Waals surface area contributed by atoms with Crippen LogP contribution in [-0.4, -0.2) is 26.4 Å². The van der Waals surface area contributed by atoms with Crippen LogP contribution in [0.4, 0.5) is 5.69 Å². The molecule has 0 saturated carbocycles. The molecule has 36 heavy (non-hydrogen) atoms. The van der Waals surface area contributed by atoms with Crippen LogP contribution in [0.15, 0.2) is 78.0 Å². The van der Waals surface area contributed by atoms with Crippen LogP contribution in [0.5, 0.6) is 5.75 Å². The van der Waals surface area contributed by atoms with Crippen molar-refractivity contribution in [1.29, 1.82) is 0 Å². The van der Waals surface area contributed by atoms with E-state index >= 15 is 0 Å². The molecule has 6 nitrogen and oxygen atoms in total. The number of carbonyl (C=O) groups is 1. The van der Waals surface area contributed by atoms with Crippen LogP contribution in [0.25, 0.3) is 5.69 Å². The number of ether oxygens (including phenoxy) is 1. The largest absolute Gasteiger partial charge is 0.486 e. The number of benzene rings is 3. The molecule has 0 aliphatic heterocycles. The molecular weight excluding hydrogens is 468 g/mol. The maximum absolute atomic E-state index is 12.7. The SMILES string of the molecule is CCCCc1ccc(NC(=O)CSc2nnc(COc3ccc(C)cc3)n2-c2ccc(C)cc2)cc1. The summed E-state index contributed by atoms with van der Waals surface area (Å²) < 4.78 is 7.93. The van der Waals surface area contributed by atoms with Crippen LogP contribution in [0.3, 0.4) is 0 Å². The summed E-state index contributed by atoms with van der Waals surface area (Å²) in [6.07, 6.45) is 3.40. The summed E-state index contributed by atoms with van der Waals surface area (Å²) in [6.45, 7) is 6.54. The normalized spacial score (nSPS) is 10.9. The summed E-state index contributed by atoms with van der Waals surface area (Å²) in [4.78, 5) is 12.7. The van der Waals surface area contributed by atoms with E-state index in [0.717, 1.165) is 23.5 Å². The minimum absolute atomic E-state index is 0.0859. The Morgan fingerprint density at radius 1 is 0.917 bits per heavy atom. The number of hydrogen-bond donors (Lipinski definition) is 1. The molecule has 1 aromatic heterocycles. The van der Waals surface area contributed by atoms with Crippen LogP contribution >= 0.6 is 11.8 Å². The summed E-state index contributed by atoms with van der Waals surface area (Å²) in [6, 6.07) is 24.1. The van der Waals surface area contributed by atoms with Crippen molar-refractivity contribution in [2.75, 3.05) is 11.1 Å². The average Bonchev–Trinajstić information content (AvgIpc) is 3.30. The number of aryl methyl sites for hydroxylation is 3. The summed E-state index contributed by atoms with van der Waals surface area (Å²) in [7, 11) is 0. The number of thioether (sulfide) groups is 1. The molecule has 3 aromatic carbocycles. The number of aromatic nitrogens is 3. The molecule has 0 bridgehead atoms. The molecule has 0 fully saturated rings. The lowest BCUT2D eigenvalue weighted by Gasteiger charge is -2.12. The lowest BCUT2D eigenvalue weighted by atomic mass is 10.1. The fourth-order valence-electron chi connectivity index (χ4n) is 3.69. The molecule has 1 heterocycles. The first-order valence-corrected chi connectivity index (χ1v) is 13.2. The molecule has 0 aliphatic carbocycles. The van der Waals surface area contributed by atoms with Gasteiger partial charge in [-0.25, -0.2) is 0 Å². The van der Waals surface area contributed by atoms with E-state index in [4.69, 9.17) is 4.74 Å². The van der Waals surface area contributed by atoms with E-state index in [1.807, 2.05) is 79.1 Å². The second-order valence-electron chi connectivity index (χ2n) is 8.81. The summed E-state index contributed by atoms with van der Waals surface area (Å²) in [5.41, 5.74) is 5.36. The van der Waals surface area contributed by atoms with Crippen molar-refractivity contribution >= 4 is 23.4 Å². The maximum Gasteiger partial charge on any atom is 0.234 e. The van der Waals surface area contributed by atoms with Gasteiger partial charge in [-0.3, -0.25) is 9.36 Å². The second kappa shape index (κ2) is 12.4. The van der Waals surface area contributed by atoms with Gasteiger partial charge in [0.2, 0.25) is 5.91 Å². The highest BCUT2D eigenvalue weighted by Gasteiger charge is 2.17. The Balaban J connectivity index is 1.44. The number of anilines is 1. The van der Waals surface area contributed by atoms with Gasteiger partial charge in [0, 0.05) is 11.4 Å².